The fourth-order valence-corrected chi connectivity index (χ4v) is 4.29. The Bertz CT molecular complexity index is 1760. The molecule has 4 heterocycles. The standard InChI is InChI=1S/C26H20N6O2S/c1-26(2,14-27)16-5-4-6-17(11-16)32-23-18(24(33)31-25(32)34)13-28-20-9-8-19(30-22(20)23)15-7-10-21(35-3)29-12-15/h4-13H,1-3H3,(H,31,33,34). The summed E-state index contributed by atoms with van der Waals surface area (Å²) in [5, 5.41) is 10.7. The van der Waals surface area contributed by atoms with Crippen molar-refractivity contribution in [1.82, 2.24) is 24.5 Å². The van der Waals surface area contributed by atoms with Crippen molar-refractivity contribution < 1.29 is 0 Å². The predicted octanol–water partition coefficient (Wildman–Crippen LogP) is 4.21. The number of benzene rings is 1. The lowest BCUT2D eigenvalue weighted by atomic mass is 9.86. The Morgan fingerprint density at radius 2 is 1.89 bits per heavy atom. The van der Waals surface area contributed by atoms with Gasteiger partial charge in [0.05, 0.1) is 44.3 Å². The van der Waals surface area contributed by atoms with Crippen molar-refractivity contribution in [3.63, 3.8) is 0 Å². The zero-order chi connectivity index (χ0) is 24.7. The molecule has 0 atom stereocenters. The van der Waals surface area contributed by atoms with Crippen LogP contribution in [0.4, 0.5) is 0 Å². The maximum atomic E-state index is 13.1. The summed E-state index contributed by atoms with van der Waals surface area (Å²) in [4.78, 5) is 41.9. The largest absolute Gasteiger partial charge is 0.333 e. The highest BCUT2D eigenvalue weighted by Gasteiger charge is 2.21. The number of aromatic amines is 1. The van der Waals surface area contributed by atoms with E-state index in [0.29, 0.717) is 27.9 Å². The Balaban J connectivity index is 1.84. The molecule has 1 N–H and O–H groups in total. The fraction of sp³-hybridized carbons (Fsp3) is 0.154. The number of aromatic nitrogens is 5. The van der Waals surface area contributed by atoms with Crippen molar-refractivity contribution in [2.75, 3.05) is 6.26 Å². The van der Waals surface area contributed by atoms with E-state index in [2.05, 4.69) is 21.0 Å². The fourth-order valence-electron chi connectivity index (χ4n) is 3.93. The van der Waals surface area contributed by atoms with Crippen LogP contribution in [0.15, 0.2) is 75.5 Å². The average Bonchev–Trinajstić information content (AvgIpc) is 2.88. The third-order valence-corrected chi connectivity index (χ3v) is 6.58. The number of hydrogen-bond acceptors (Lipinski definition) is 7. The van der Waals surface area contributed by atoms with Crippen LogP contribution in [0.25, 0.3) is 38.9 Å². The molecule has 0 saturated carbocycles. The van der Waals surface area contributed by atoms with Crippen LogP contribution in [-0.4, -0.2) is 30.8 Å². The zero-order valence-corrected chi connectivity index (χ0v) is 20.1. The van der Waals surface area contributed by atoms with Gasteiger partial charge in [-0.05, 0) is 62.1 Å². The second kappa shape index (κ2) is 8.49. The van der Waals surface area contributed by atoms with E-state index in [0.717, 1.165) is 16.2 Å². The maximum absolute atomic E-state index is 13.1. The summed E-state index contributed by atoms with van der Waals surface area (Å²) >= 11 is 1.55. The summed E-state index contributed by atoms with van der Waals surface area (Å²) in [6.45, 7) is 3.62. The molecule has 0 aliphatic rings. The van der Waals surface area contributed by atoms with E-state index in [4.69, 9.17) is 4.98 Å². The van der Waals surface area contributed by atoms with Crippen molar-refractivity contribution >= 4 is 33.7 Å². The molecule has 0 radical (unpaired) electrons. The van der Waals surface area contributed by atoms with Gasteiger partial charge in [-0.1, -0.05) is 12.1 Å². The average molecular weight is 481 g/mol. The van der Waals surface area contributed by atoms with Gasteiger partial charge in [0.15, 0.2) is 0 Å². The number of rotatable bonds is 4. The Labute approximate surface area is 204 Å². The first-order valence-corrected chi connectivity index (χ1v) is 12.0. The number of fused-ring (bicyclic) bond motifs is 3. The minimum Gasteiger partial charge on any atom is -0.273 e. The first kappa shape index (κ1) is 22.5. The van der Waals surface area contributed by atoms with Crippen molar-refractivity contribution in [1.29, 1.82) is 5.26 Å². The summed E-state index contributed by atoms with van der Waals surface area (Å²) in [7, 11) is 0. The topological polar surface area (TPSA) is 117 Å². The number of nitrogens with one attached hydrogen (secondary N) is 1. The summed E-state index contributed by atoms with van der Waals surface area (Å²) in [6, 6.07) is 16.9. The van der Waals surface area contributed by atoms with Crippen LogP contribution in [0, 0.1) is 11.3 Å². The molecule has 0 saturated heterocycles. The van der Waals surface area contributed by atoms with Crippen molar-refractivity contribution in [2.24, 2.45) is 0 Å². The third kappa shape index (κ3) is 3.88. The van der Waals surface area contributed by atoms with Crippen LogP contribution in [0.3, 0.4) is 0 Å². The van der Waals surface area contributed by atoms with Gasteiger partial charge in [-0.15, -0.1) is 11.8 Å². The highest BCUT2D eigenvalue weighted by Crippen LogP contribution is 2.28. The molecule has 5 aromatic rings. The molecule has 0 unspecified atom stereocenters. The molecular weight excluding hydrogens is 460 g/mol. The number of H-pyrrole nitrogens is 1. The molecule has 9 heteroatoms. The lowest BCUT2D eigenvalue weighted by Gasteiger charge is -2.18. The summed E-state index contributed by atoms with van der Waals surface area (Å²) in [5.41, 5.74) is 2.13. The predicted molar refractivity (Wildman–Crippen MR) is 137 cm³/mol. The van der Waals surface area contributed by atoms with Crippen LogP contribution in [0.5, 0.6) is 0 Å². The first-order chi connectivity index (χ1) is 16.8. The SMILES string of the molecule is CSc1ccc(-c2ccc3ncc4c(=O)[nH]c(=O)n(-c5cccc(C(C)(C)C#N)c5)c4c3n2)cn1. The van der Waals surface area contributed by atoms with Crippen LogP contribution >= 0.6 is 11.8 Å². The van der Waals surface area contributed by atoms with E-state index >= 15 is 0 Å². The smallest absolute Gasteiger partial charge is 0.273 e. The van der Waals surface area contributed by atoms with Crippen molar-refractivity contribution in [3.05, 3.63) is 87.3 Å². The molecule has 1 aromatic carbocycles. The monoisotopic (exact) mass is 480 g/mol. The molecule has 35 heavy (non-hydrogen) atoms. The number of hydrogen-bond donors (Lipinski definition) is 1. The number of pyridine rings is 3. The lowest BCUT2D eigenvalue weighted by Crippen LogP contribution is -2.30. The Morgan fingerprint density at radius 1 is 1.06 bits per heavy atom. The van der Waals surface area contributed by atoms with Crippen LogP contribution < -0.4 is 11.2 Å². The maximum Gasteiger partial charge on any atom is 0.333 e. The zero-order valence-electron chi connectivity index (χ0n) is 19.2. The Morgan fingerprint density at radius 3 is 2.60 bits per heavy atom. The first-order valence-electron chi connectivity index (χ1n) is 10.8. The van der Waals surface area contributed by atoms with Gasteiger partial charge in [-0.3, -0.25) is 19.3 Å². The molecule has 0 fully saturated rings. The van der Waals surface area contributed by atoms with E-state index in [9.17, 15) is 14.9 Å². The van der Waals surface area contributed by atoms with Gasteiger partial charge in [0.1, 0.15) is 5.52 Å². The van der Waals surface area contributed by atoms with Crippen molar-refractivity contribution in [2.45, 2.75) is 24.3 Å². The van der Waals surface area contributed by atoms with E-state index in [-0.39, 0.29) is 5.39 Å². The van der Waals surface area contributed by atoms with Gasteiger partial charge in [-0.25, -0.2) is 14.8 Å². The highest BCUT2D eigenvalue weighted by molar-refractivity contribution is 7.98. The lowest BCUT2D eigenvalue weighted by molar-refractivity contribution is 0.686. The van der Waals surface area contributed by atoms with Gasteiger partial charge in [0.2, 0.25) is 0 Å². The molecule has 0 spiro atoms. The van der Waals surface area contributed by atoms with Gasteiger partial charge in [-0.2, -0.15) is 5.26 Å². The van der Waals surface area contributed by atoms with Gasteiger partial charge < -0.3 is 0 Å². The second-order valence-electron chi connectivity index (χ2n) is 8.56. The molecule has 0 amide bonds. The molecule has 8 nitrogen and oxygen atoms in total. The van der Waals surface area contributed by atoms with Crippen LogP contribution in [-0.2, 0) is 5.41 Å². The molecule has 0 aliphatic carbocycles. The summed E-state index contributed by atoms with van der Waals surface area (Å²) in [6.07, 6.45) is 5.15. The minimum absolute atomic E-state index is 0.238. The molecule has 5 rings (SSSR count). The van der Waals surface area contributed by atoms with E-state index in [1.165, 1.54) is 10.8 Å². The van der Waals surface area contributed by atoms with E-state index in [1.807, 2.05) is 50.4 Å². The molecular formula is C26H20N6O2S. The van der Waals surface area contributed by atoms with Gasteiger partial charge in [0, 0.05) is 18.0 Å². The van der Waals surface area contributed by atoms with Crippen molar-refractivity contribution in [3.8, 4) is 23.0 Å². The normalized spacial score (nSPS) is 11.6. The molecule has 0 bridgehead atoms. The molecule has 0 aliphatic heterocycles. The molecule has 172 valence electrons. The number of thioether (sulfide) groups is 1. The van der Waals surface area contributed by atoms with E-state index < -0.39 is 16.7 Å². The quantitative estimate of drug-likeness (QED) is 0.302. The third-order valence-electron chi connectivity index (χ3n) is 5.92. The van der Waals surface area contributed by atoms with Crippen LogP contribution in [0.2, 0.25) is 0 Å². The minimum atomic E-state index is -0.761. The van der Waals surface area contributed by atoms with E-state index in [1.54, 1.807) is 36.2 Å². The second-order valence-corrected chi connectivity index (χ2v) is 9.38. The van der Waals surface area contributed by atoms with Gasteiger partial charge >= 0.3 is 5.69 Å². The summed E-state index contributed by atoms with van der Waals surface area (Å²) in [5.74, 6) is 0. The molecule has 4 aromatic heterocycles. The van der Waals surface area contributed by atoms with Gasteiger partial charge in [0.25, 0.3) is 5.56 Å². The van der Waals surface area contributed by atoms with Crippen LogP contribution in [0.1, 0.15) is 19.4 Å². The number of nitrogens with zero attached hydrogens (tertiary/aromatic N) is 5. The number of nitriles is 1. The highest BCUT2D eigenvalue weighted by atomic mass is 32.2. The Hall–Kier alpha value is -4.29. The summed E-state index contributed by atoms with van der Waals surface area (Å²) < 4.78 is 1.42. The Kier molecular flexibility index (Phi) is 5.46.